The maximum Gasteiger partial charge on any atom is 0.414 e. The van der Waals surface area contributed by atoms with Crippen LogP contribution in [0.3, 0.4) is 0 Å². The van der Waals surface area contributed by atoms with Crippen molar-refractivity contribution in [3.8, 4) is 0 Å². The SMILES string of the molecule is O=S(CS(=O)C1CCCCC1)C1CCCCC1.OC(CC(O)C(F)(F)F)C(F)(F)F.[Eu]. The first-order chi connectivity index (χ1) is 13.8. The Morgan fingerprint density at radius 1 is 0.677 bits per heavy atom. The fourth-order valence-corrected chi connectivity index (χ4v) is 7.62. The second kappa shape index (κ2) is 15.4. The number of aliphatic hydroxyl groups excluding tert-OH is 2. The van der Waals surface area contributed by atoms with Gasteiger partial charge in [0.15, 0.2) is 12.2 Å². The van der Waals surface area contributed by atoms with Crippen LogP contribution in [-0.4, -0.2) is 58.8 Å². The standard InChI is InChI=1S/C13H24O2S2.C5H6F6O2.Eu/c14-16(12-7-3-1-4-8-12)11-17(15)13-9-5-2-6-10-13;6-4(7,8)2(12)1-3(13)5(9,10)11;/h12-13H,1-11H2;2-3,12-13H,1H2;. The molecule has 2 aliphatic rings. The molecule has 13 heteroatoms. The van der Waals surface area contributed by atoms with Crippen molar-refractivity contribution in [2.24, 2.45) is 0 Å². The topological polar surface area (TPSA) is 74.6 Å². The van der Waals surface area contributed by atoms with Crippen LogP contribution in [0.15, 0.2) is 0 Å². The van der Waals surface area contributed by atoms with E-state index in [0.717, 1.165) is 25.7 Å². The van der Waals surface area contributed by atoms with Gasteiger partial charge in [-0.05, 0) is 25.7 Å². The minimum atomic E-state index is -5.15. The molecule has 2 fully saturated rings. The molecule has 0 aromatic heterocycles. The number of hydrogen-bond acceptors (Lipinski definition) is 4. The van der Waals surface area contributed by atoms with Crippen molar-refractivity contribution in [2.45, 2.75) is 106 Å². The van der Waals surface area contributed by atoms with Gasteiger partial charge >= 0.3 is 12.4 Å². The number of halogens is 6. The van der Waals surface area contributed by atoms with Crippen LogP contribution in [0.4, 0.5) is 26.3 Å². The zero-order valence-electron chi connectivity index (χ0n) is 17.0. The van der Waals surface area contributed by atoms with Crippen molar-refractivity contribution in [1.29, 1.82) is 0 Å². The Labute approximate surface area is 224 Å². The van der Waals surface area contributed by atoms with E-state index in [9.17, 15) is 34.8 Å². The number of rotatable bonds is 6. The Kier molecular flexibility index (Phi) is 16.1. The molecule has 0 aromatic rings. The van der Waals surface area contributed by atoms with Gasteiger partial charge in [-0.2, -0.15) is 26.3 Å². The van der Waals surface area contributed by atoms with Crippen LogP contribution in [0.1, 0.15) is 70.6 Å². The molecule has 2 aliphatic carbocycles. The fourth-order valence-electron chi connectivity index (χ4n) is 3.44. The minimum absolute atomic E-state index is 0. The molecule has 187 valence electrons. The van der Waals surface area contributed by atoms with Crippen LogP contribution in [0.2, 0.25) is 0 Å². The van der Waals surface area contributed by atoms with Gasteiger partial charge in [-0.3, -0.25) is 8.42 Å². The van der Waals surface area contributed by atoms with Crippen molar-refractivity contribution >= 4 is 21.6 Å². The van der Waals surface area contributed by atoms with E-state index in [2.05, 4.69) is 0 Å². The minimum Gasteiger partial charge on any atom is -0.384 e. The van der Waals surface area contributed by atoms with Gasteiger partial charge in [0, 0.05) is 87.9 Å². The zero-order valence-corrected chi connectivity index (χ0v) is 21.0. The average molecular weight is 641 g/mol. The van der Waals surface area contributed by atoms with Crippen LogP contribution in [0, 0.1) is 49.4 Å². The van der Waals surface area contributed by atoms with Gasteiger partial charge in [-0.25, -0.2) is 0 Å². The predicted octanol–water partition coefficient (Wildman–Crippen LogP) is 4.33. The summed E-state index contributed by atoms with van der Waals surface area (Å²) in [7, 11) is -1.68. The Hall–Kier alpha value is 1.38. The summed E-state index contributed by atoms with van der Waals surface area (Å²) in [4.78, 5) is 0. The van der Waals surface area contributed by atoms with Gasteiger partial charge in [-0.15, -0.1) is 0 Å². The molecular weight excluding hydrogens is 610 g/mol. The third-order valence-electron chi connectivity index (χ3n) is 5.28. The van der Waals surface area contributed by atoms with Crippen molar-refractivity contribution < 1.29 is 94.4 Å². The Balaban J connectivity index is 0.000000586. The molecule has 4 unspecified atom stereocenters. The largest absolute Gasteiger partial charge is 0.414 e. The predicted molar refractivity (Wildman–Crippen MR) is 104 cm³/mol. The molecule has 0 saturated heterocycles. The van der Waals surface area contributed by atoms with E-state index < -0.39 is 52.6 Å². The molecule has 4 atom stereocenters. The zero-order chi connectivity index (χ0) is 22.9. The Morgan fingerprint density at radius 3 is 1.23 bits per heavy atom. The summed E-state index contributed by atoms with van der Waals surface area (Å²) >= 11 is 0. The second-order valence-corrected chi connectivity index (χ2v) is 11.5. The van der Waals surface area contributed by atoms with Gasteiger partial charge < -0.3 is 10.2 Å². The van der Waals surface area contributed by atoms with Crippen molar-refractivity contribution in [3.63, 3.8) is 0 Å². The molecule has 0 spiro atoms. The van der Waals surface area contributed by atoms with Crippen molar-refractivity contribution in [1.82, 2.24) is 0 Å². The Morgan fingerprint density at radius 2 is 0.968 bits per heavy atom. The van der Waals surface area contributed by atoms with Gasteiger partial charge in [0.2, 0.25) is 0 Å². The quantitative estimate of drug-likeness (QED) is 0.425. The van der Waals surface area contributed by atoms with Crippen molar-refractivity contribution in [2.75, 3.05) is 5.08 Å². The van der Waals surface area contributed by atoms with E-state index in [1.165, 1.54) is 38.5 Å². The molecule has 0 aromatic carbocycles. The first-order valence-corrected chi connectivity index (χ1v) is 12.8. The van der Waals surface area contributed by atoms with E-state index in [0.29, 0.717) is 15.6 Å². The van der Waals surface area contributed by atoms with Crippen LogP contribution < -0.4 is 0 Å². The molecule has 4 nitrogen and oxygen atoms in total. The molecule has 0 amide bonds. The first kappa shape index (κ1) is 32.4. The molecule has 2 saturated carbocycles. The van der Waals surface area contributed by atoms with Crippen LogP contribution in [-0.2, 0) is 21.6 Å². The van der Waals surface area contributed by atoms with Gasteiger partial charge in [0.1, 0.15) is 0 Å². The average Bonchev–Trinajstić information content (AvgIpc) is 2.68. The summed E-state index contributed by atoms with van der Waals surface area (Å²) in [6.45, 7) is 0. The molecule has 2 rings (SSSR count). The third-order valence-corrected chi connectivity index (χ3v) is 9.57. The molecule has 31 heavy (non-hydrogen) atoms. The molecule has 0 bridgehead atoms. The summed E-state index contributed by atoms with van der Waals surface area (Å²) in [6.07, 6.45) is -6.61. The molecule has 0 aliphatic heterocycles. The smallest absolute Gasteiger partial charge is 0.384 e. The first-order valence-electron chi connectivity index (χ1n) is 10.1. The maximum absolute atomic E-state index is 12.2. The number of hydrogen-bond donors (Lipinski definition) is 2. The van der Waals surface area contributed by atoms with Crippen LogP contribution in [0.5, 0.6) is 0 Å². The summed E-state index contributed by atoms with van der Waals surface area (Å²) in [5.74, 6) is 0. The third kappa shape index (κ3) is 13.2. The van der Waals surface area contributed by atoms with Crippen LogP contribution in [0.25, 0.3) is 0 Å². The summed E-state index contributed by atoms with van der Waals surface area (Å²) in [5, 5.41) is 17.4. The second-order valence-electron chi connectivity index (χ2n) is 7.75. The van der Waals surface area contributed by atoms with Gasteiger partial charge in [-0.1, -0.05) is 38.5 Å². The fraction of sp³-hybridized carbons (Fsp3) is 1.00. The van der Waals surface area contributed by atoms with E-state index in [4.69, 9.17) is 10.2 Å². The van der Waals surface area contributed by atoms with Gasteiger partial charge in [0.25, 0.3) is 0 Å². The molecule has 2 N–H and O–H groups in total. The van der Waals surface area contributed by atoms with Gasteiger partial charge in [0.05, 0.1) is 5.08 Å². The summed E-state index contributed by atoms with van der Waals surface area (Å²) in [6, 6.07) is 0. The molecule has 0 heterocycles. The normalized spacial score (nSPS) is 23.0. The monoisotopic (exact) mass is 641 g/mol. The summed E-state index contributed by atoms with van der Waals surface area (Å²) < 4.78 is 93.2. The van der Waals surface area contributed by atoms with E-state index >= 15 is 0 Å². The van der Waals surface area contributed by atoms with Crippen LogP contribution >= 0.6 is 0 Å². The molecular formula is C18H30EuF6O4S2. The molecule has 1 radical (unpaired) electrons. The number of alkyl halides is 6. The van der Waals surface area contributed by atoms with E-state index in [1.807, 2.05) is 0 Å². The van der Waals surface area contributed by atoms with Crippen molar-refractivity contribution in [3.05, 3.63) is 0 Å². The van der Waals surface area contributed by atoms with E-state index in [1.54, 1.807) is 0 Å². The number of aliphatic hydroxyl groups is 2. The van der Waals surface area contributed by atoms with E-state index in [-0.39, 0.29) is 49.4 Å². The Bertz CT molecular complexity index is 504. The maximum atomic E-state index is 12.2. The summed E-state index contributed by atoms with van der Waals surface area (Å²) in [5.41, 5.74) is 0.